The molecule has 12 heavy (non-hydrogen) atoms. The van der Waals surface area contributed by atoms with E-state index >= 15 is 0 Å². The van der Waals surface area contributed by atoms with Gasteiger partial charge in [0, 0.05) is 11.6 Å². The first-order valence-electron chi connectivity index (χ1n) is 4.74. The molecule has 0 aromatic carbocycles. The molecule has 0 amide bonds. The lowest BCUT2D eigenvalue weighted by Gasteiger charge is -2.07. The van der Waals surface area contributed by atoms with Gasteiger partial charge in [-0.2, -0.15) is 0 Å². The van der Waals surface area contributed by atoms with Gasteiger partial charge in [-0.1, -0.05) is 33.1 Å². The molecule has 1 atom stereocenters. The molecule has 1 aromatic rings. The van der Waals surface area contributed by atoms with Crippen molar-refractivity contribution >= 4 is 11.5 Å². The van der Waals surface area contributed by atoms with Crippen molar-refractivity contribution in [3.63, 3.8) is 0 Å². The minimum atomic E-state index is 0.704. The van der Waals surface area contributed by atoms with Crippen LogP contribution in [-0.2, 0) is 0 Å². The Morgan fingerprint density at radius 3 is 2.92 bits per heavy atom. The summed E-state index contributed by atoms with van der Waals surface area (Å²) >= 11 is 1.56. The monoisotopic (exact) mass is 183 g/mol. The van der Waals surface area contributed by atoms with E-state index in [0.29, 0.717) is 5.92 Å². The van der Waals surface area contributed by atoms with Crippen molar-refractivity contribution in [2.75, 3.05) is 0 Å². The minimum Gasteiger partial charge on any atom is -0.201 e. The van der Waals surface area contributed by atoms with Crippen LogP contribution in [0.1, 0.15) is 51.0 Å². The molecule has 0 radical (unpaired) electrons. The van der Waals surface area contributed by atoms with Crippen LogP contribution in [-0.4, -0.2) is 4.37 Å². The fourth-order valence-electron chi connectivity index (χ4n) is 1.32. The molecule has 0 fully saturated rings. The van der Waals surface area contributed by atoms with Crippen LogP contribution in [0.15, 0.2) is 11.6 Å². The first kappa shape index (κ1) is 9.72. The van der Waals surface area contributed by atoms with Crippen LogP contribution in [0, 0.1) is 0 Å². The van der Waals surface area contributed by atoms with Crippen LogP contribution in [0.2, 0.25) is 0 Å². The van der Waals surface area contributed by atoms with Crippen LogP contribution in [0.5, 0.6) is 0 Å². The van der Waals surface area contributed by atoms with Crippen molar-refractivity contribution in [2.24, 2.45) is 0 Å². The van der Waals surface area contributed by atoms with Gasteiger partial charge in [0.2, 0.25) is 0 Å². The molecule has 0 spiro atoms. The van der Waals surface area contributed by atoms with Gasteiger partial charge in [0.1, 0.15) is 0 Å². The van der Waals surface area contributed by atoms with Gasteiger partial charge in [-0.3, -0.25) is 0 Å². The Hall–Kier alpha value is -0.370. The summed E-state index contributed by atoms with van der Waals surface area (Å²) in [5.41, 5.74) is 1.41. The molecule has 0 N–H and O–H groups in total. The van der Waals surface area contributed by atoms with E-state index < -0.39 is 0 Å². The van der Waals surface area contributed by atoms with Gasteiger partial charge in [-0.15, -0.1) is 0 Å². The van der Waals surface area contributed by atoms with Crippen LogP contribution in [0.4, 0.5) is 0 Å². The second-order valence-electron chi connectivity index (χ2n) is 3.35. The van der Waals surface area contributed by atoms with E-state index in [1.54, 1.807) is 11.5 Å². The van der Waals surface area contributed by atoms with Crippen LogP contribution < -0.4 is 0 Å². The molecule has 1 nitrogen and oxygen atoms in total. The molecule has 68 valence electrons. The third-order valence-electron chi connectivity index (χ3n) is 2.26. The molecule has 0 aliphatic heterocycles. The van der Waals surface area contributed by atoms with E-state index in [0.717, 1.165) is 0 Å². The fraction of sp³-hybridized carbons (Fsp3) is 0.700. The topological polar surface area (TPSA) is 12.9 Å². The highest BCUT2D eigenvalue weighted by Gasteiger charge is 2.05. The zero-order valence-electron chi connectivity index (χ0n) is 7.92. The maximum absolute atomic E-state index is 4.11. The van der Waals surface area contributed by atoms with Crippen molar-refractivity contribution in [3.8, 4) is 0 Å². The number of nitrogens with zero attached hydrogens (tertiary/aromatic N) is 1. The predicted molar refractivity (Wildman–Crippen MR) is 54.7 cm³/mol. The van der Waals surface area contributed by atoms with Crippen molar-refractivity contribution in [1.29, 1.82) is 0 Å². The molecule has 0 saturated carbocycles. The zero-order chi connectivity index (χ0) is 8.81. The predicted octanol–water partition coefficient (Wildman–Crippen LogP) is 3.83. The molecule has 1 unspecified atom stereocenters. The number of unbranched alkanes of at least 4 members (excludes halogenated alkanes) is 2. The largest absolute Gasteiger partial charge is 0.201 e. The summed E-state index contributed by atoms with van der Waals surface area (Å²) in [6, 6.07) is 0. The highest BCUT2D eigenvalue weighted by Crippen LogP contribution is 2.22. The summed E-state index contributed by atoms with van der Waals surface area (Å²) in [5.74, 6) is 0.704. The number of hydrogen-bond donors (Lipinski definition) is 0. The van der Waals surface area contributed by atoms with Gasteiger partial charge >= 0.3 is 0 Å². The summed E-state index contributed by atoms with van der Waals surface area (Å²) in [6.45, 7) is 4.54. The van der Waals surface area contributed by atoms with Crippen molar-refractivity contribution in [2.45, 2.75) is 45.4 Å². The van der Waals surface area contributed by atoms with E-state index in [-0.39, 0.29) is 0 Å². The summed E-state index contributed by atoms with van der Waals surface area (Å²) in [5, 5.41) is 2.16. The molecule has 1 heterocycles. The Bertz CT molecular complexity index is 194. The molecule has 2 heteroatoms. The molecule has 0 saturated heterocycles. The average molecular weight is 183 g/mol. The lowest BCUT2D eigenvalue weighted by molar-refractivity contribution is 0.598. The first-order valence-corrected chi connectivity index (χ1v) is 5.57. The second-order valence-corrected chi connectivity index (χ2v) is 4.01. The molecule has 1 rings (SSSR count). The number of aromatic nitrogens is 1. The highest BCUT2D eigenvalue weighted by atomic mass is 32.1. The highest BCUT2D eigenvalue weighted by molar-refractivity contribution is 7.03. The minimum absolute atomic E-state index is 0.704. The van der Waals surface area contributed by atoms with Crippen molar-refractivity contribution < 1.29 is 0 Å². The third-order valence-corrected chi connectivity index (χ3v) is 2.87. The van der Waals surface area contributed by atoms with Gasteiger partial charge < -0.3 is 0 Å². The molecule has 1 aromatic heterocycles. The number of hydrogen-bond acceptors (Lipinski definition) is 2. The van der Waals surface area contributed by atoms with E-state index in [1.807, 2.05) is 6.20 Å². The van der Waals surface area contributed by atoms with E-state index in [9.17, 15) is 0 Å². The third kappa shape index (κ3) is 2.94. The molecular formula is C10H17NS. The van der Waals surface area contributed by atoms with Gasteiger partial charge in [-0.05, 0) is 29.4 Å². The smallest absolute Gasteiger partial charge is 0.0441 e. The summed E-state index contributed by atoms with van der Waals surface area (Å²) in [4.78, 5) is 0. The maximum Gasteiger partial charge on any atom is 0.0441 e. The Balaban J connectivity index is 2.25. The van der Waals surface area contributed by atoms with E-state index in [1.165, 1.54) is 31.2 Å². The summed E-state index contributed by atoms with van der Waals surface area (Å²) in [7, 11) is 0. The quantitative estimate of drug-likeness (QED) is 0.632. The Kier molecular flexibility index (Phi) is 4.30. The van der Waals surface area contributed by atoms with Gasteiger partial charge in [-0.25, -0.2) is 4.37 Å². The van der Waals surface area contributed by atoms with Crippen LogP contribution in [0.25, 0.3) is 0 Å². The maximum atomic E-state index is 4.11. The lowest BCUT2D eigenvalue weighted by Crippen LogP contribution is -1.90. The average Bonchev–Trinajstić information content (AvgIpc) is 2.56. The Labute approximate surface area is 79.0 Å². The summed E-state index contributed by atoms with van der Waals surface area (Å²) < 4.78 is 4.11. The van der Waals surface area contributed by atoms with Gasteiger partial charge in [0.25, 0.3) is 0 Å². The standard InChI is InChI=1S/C10H17NS/c1-3-4-5-6-9(2)10-7-11-12-8-10/h7-9H,3-6H2,1-2H3. The first-order chi connectivity index (χ1) is 5.84. The summed E-state index contributed by atoms with van der Waals surface area (Å²) in [6.07, 6.45) is 7.34. The van der Waals surface area contributed by atoms with Gasteiger partial charge in [0.15, 0.2) is 0 Å². The van der Waals surface area contributed by atoms with Crippen molar-refractivity contribution in [3.05, 3.63) is 17.1 Å². The van der Waals surface area contributed by atoms with Crippen LogP contribution >= 0.6 is 11.5 Å². The SMILES string of the molecule is CCCCCC(C)c1cnsc1. The fourth-order valence-corrected chi connectivity index (χ4v) is 1.98. The van der Waals surface area contributed by atoms with Crippen LogP contribution in [0.3, 0.4) is 0 Å². The Morgan fingerprint density at radius 2 is 2.33 bits per heavy atom. The second kappa shape index (κ2) is 5.31. The number of rotatable bonds is 5. The van der Waals surface area contributed by atoms with Crippen molar-refractivity contribution in [1.82, 2.24) is 4.37 Å². The molecular weight excluding hydrogens is 166 g/mol. The Morgan fingerprint density at radius 1 is 1.50 bits per heavy atom. The normalized spacial score (nSPS) is 13.2. The molecule has 0 aliphatic carbocycles. The molecule has 0 aliphatic rings. The van der Waals surface area contributed by atoms with E-state index in [4.69, 9.17) is 0 Å². The zero-order valence-corrected chi connectivity index (χ0v) is 8.73. The van der Waals surface area contributed by atoms with Gasteiger partial charge in [0.05, 0.1) is 0 Å². The lowest BCUT2D eigenvalue weighted by atomic mass is 9.98. The van der Waals surface area contributed by atoms with E-state index in [2.05, 4.69) is 23.6 Å². The molecule has 0 bridgehead atoms.